The Morgan fingerprint density at radius 2 is 1.70 bits per heavy atom. The van der Waals surface area contributed by atoms with Crippen LogP contribution in [0.4, 0.5) is 0 Å². The summed E-state index contributed by atoms with van der Waals surface area (Å²) in [5, 5.41) is 9.45. The summed E-state index contributed by atoms with van der Waals surface area (Å²) in [7, 11) is 0. The standard InChI is InChI=1S/C20H22O2Se/c1-16(21)20(22)15-19(23-18-12-6-3-7-13-18)14-8-11-17-9-4-2-5-10-17/h2-7,9-10,12-13,15-16,21H,8,11,14H2,1H3/b19-15-. The van der Waals surface area contributed by atoms with Crippen LogP contribution in [0.5, 0.6) is 0 Å². The molecule has 0 saturated heterocycles. The zero-order chi connectivity index (χ0) is 16.5. The van der Waals surface area contributed by atoms with Crippen LogP contribution < -0.4 is 4.46 Å². The summed E-state index contributed by atoms with van der Waals surface area (Å²) in [5.41, 5.74) is 1.32. The maximum absolute atomic E-state index is 11.9. The number of aliphatic hydroxyl groups is 1. The van der Waals surface area contributed by atoms with Gasteiger partial charge in [-0.15, -0.1) is 0 Å². The van der Waals surface area contributed by atoms with Crippen molar-refractivity contribution < 1.29 is 9.90 Å². The average Bonchev–Trinajstić information content (AvgIpc) is 2.56. The molecular weight excluding hydrogens is 351 g/mol. The van der Waals surface area contributed by atoms with Crippen LogP contribution in [0.25, 0.3) is 0 Å². The van der Waals surface area contributed by atoms with Crippen LogP contribution in [0.2, 0.25) is 0 Å². The second-order valence-electron chi connectivity index (χ2n) is 5.44. The first kappa shape index (κ1) is 17.7. The first-order valence-corrected chi connectivity index (χ1v) is 9.56. The summed E-state index contributed by atoms with van der Waals surface area (Å²) in [4.78, 5) is 11.9. The fourth-order valence-electron chi connectivity index (χ4n) is 2.18. The Kier molecular flexibility index (Phi) is 7.28. The third kappa shape index (κ3) is 6.53. The van der Waals surface area contributed by atoms with Gasteiger partial charge in [0.05, 0.1) is 0 Å². The van der Waals surface area contributed by atoms with Crippen molar-refractivity contribution in [3.63, 3.8) is 0 Å². The van der Waals surface area contributed by atoms with Crippen LogP contribution in [0.3, 0.4) is 0 Å². The second-order valence-corrected chi connectivity index (χ2v) is 7.96. The molecule has 3 heteroatoms. The molecule has 2 nitrogen and oxygen atoms in total. The number of aliphatic hydroxyl groups excluding tert-OH is 1. The molecule has 0 aliphatic heterocycles. The molecule has 1 unspecified atom stereocenters. The van der Waals surface area contributed by atoms with Crippen molar-refractivity contribution in [2.24, 2.45) is 0 Å². The van der Waals surface area contributed by atoms with Crippen LogP contribution >= 0.6 is 0 Å². The summed E-state index contributed by atoms with van der Waals surface area (Å²) >= 11 is 0.127. The fourth-order valence-corrected chi connectivity index (χ4v) is 4.32. The molecule has 0 aromatic heterocycles. The first-order valence-electron chi connectivity index (χ1n) is 7.84. The normalized spacial score (nSPS) is 12.9. The molecule has 0 fully saturated rings. The zero-order valence-electron chi connectivity index (χ0n) is 13.3. The molecule has 0 aliphatic rings. The third-order valence-corrected chi connectivity index (χ3v) is 5.73. The van der Waals surface area contributed by atoms with Gasteiger partial charge in [-0.2, -0.15) is 0 Å². The van der Waals surface area contributed by atoms with Crippen molar-refractivity contribution in [2.75, 3.05) is 0 Å². The van der Waals surface area contributed by atoms with Crippen LogP contribution in [0.1, 0.15) is 25.3 Å². The average molecular weight is 373 g/mol. The van der Waals surface area contributed by atoms with Crippen molar-refractivity contribution in [2.45, 2.75) is 32.3 Å². The molecule has 0 amide bonds. The molecule has 1 atom stereocenters. The van der Waals surface area contributed by atoms with Gasteiger partial charge >= 0.3 is 144 Å². The Hall–Kier alpha value is -1.67. The summed E-state index contributed by atoms with van der Waals surface area (Å²) in [6.07, 6.45) is 3.64. The molecule has 0 saturated carbocycles. The molecule has 2 aromatic rings. The van der Waals surface area contributed by atoms with E-state index in [4.69, 9.17) is 0 Å². The van der Waals surface area contributed by atoms with Crippen molar-refractivity contribution in [3.8, 4) is 0 Å². The molecule has 2 rings (SSSR count). The zero-order valence-corrected chi connectivity index (χ0v) is 15.0. The predicted octanol–water partition coefficient (Wildman–Crippen LogP) is 2.87. The summed E-state index contributed by atoms with van der Waals surface area (Å²) in [5.74, 6) is -0.197. The van der Waals surface area contributed by atoms with Crippen LogP contribution in [-0.2, 0) is 11.2 Å². The molecule has 1 N–H and O–H groups in total. The minimum atomic E-state index is -0.925. The topological polar surface area (TPSA) is 37.3 Å². The van der Waals surface area contributed by atoms with E-state index in [-0.39, 0.29) is 20.7 Å². The number of aryl methyl sites for hydroxylation is 1. The molecule has 120 valence electrons. The Morgan fingerprint density at radius 3 is 2.30 bits per heavy atom. The summed E-state index contributed by atoms with van der Waals surface area (Å²) < 4.78 is 2.40. The predicted molar refractivity (Wildman–Crippen MR) is 96.0 cm³/mol. The number of benzene rings is 2. The van der Waals surface area contributed by atoms with Gasteiger partial charge in [0.1, 0.15) is 0 Å². The van der Waals surface area contributed by atoms with Crippen LogP contribution in [0.15, 0.2) is 71.2 Å². The molecule has 0 bridgehead atoms. The number of hydrogen-bond donors (Lipinski definition) is 1. The van der Waals surface area contributed by atoms with Gasteiger partial charge in [0.2, 0.25) is 0 Å². The van der Waals surface area contributed by atoms with E-state index < -0.39 is 6.10 Å². The minimum absolute atomic E-state index is 0.127. The number of rotatable bonds is 8. The van der Waals surface area contributed by atoms with Gasteiger partial charge < -0.3 is 0 Å². The van der Waals surface area contributed by atoms with Gasteiger partial charge in [-0.1, -0.05) is 0 Å². The van der Waals surface area contributed by atoms with Crippen molar-refractivity contribution in [1.82, 2.24) is 0 Å². The Morgan fingerprint density at radius 1 is 1.09 bits per heavy atom. The summed E-state index contributed by atoms with van der Waals surface area (Å²) in [6, 6.07) is 20.6. The van der Waals surface area contributed by atoms with Gasteiger partial charge in [-0.25, -0.2) is 0 Å². The fraction of sp³-hybridized carbons (Fsp3) is 0.250. The van der Waals surface area contributed by atoms with E-state index in [0.717, 1.165) is 23.7 Å². The van der Waals surface area contributed by atoms with Crippen LogP contribution in [-0.4, -0.2) is 32.0 Å². The van der Waals surface area contributed by atoms with Gasteiger partial charge in [0.25, 0.3) is 0 Å². The van der Waals surface area contributed by atoms with E-state index in [1.165, 1.54) is 16.9 Å². The molecule has 0 spiro atoms. The van der Waals surface area contributed by atoms with Crippen molar-refractivity contribution in [1.29, 1.82) is 0 Å². The molecule has 23 heavy (non-hydrogen) atoms. The molecule has 0 heterocycles. The maximum atomic E-state index is 11.9. The number of carbonyl (C=O) groups excluding carboxylic acids is 1. The SMILES string of the molecule is CC(O)C(=O)/C=C(/CCCc1ccccc1)[Se]c1ccccc1. The molecule has 0 radical (unpaired) electrons. The van der Waals surface area contributed by atoms with Crippen molar-refractivity contribution >= 4 is 25.2 Å². The molecule has 2 aromatic carbocycles. The Labute approximate surface area is 144 Å². The van der Waals surface area contributed by atoms with E-state index >= 15 is 0 Å². The summed E-state index contributed by atoms with van der Waals surface area (Å²) in [6.45, 7) is 1.52. The number of carbonyl (C=O) groups is 1. The van der Waals surface area contributed by atoms with E-state index in [1.807, 2.05) is 24.3 Å². The first-order chi connectivity index (χ1) is 11.1. The van der Waals surface area contributed by atoms with Gasteiger partial charge in [0.15, 0.2) is 0 Å². The van der Waals surface area contributed by atoms with Crippen molar-refractivity contribution in [3.05, 3.63) is 76.8 Å². The van der Waals surface area contributed by atoms with Gasteiger partial charge in [0, 0.05) is 0 Å². The monoisotopic (exact) mass is 374 g/mol. The van der Waals surface area contributed by atoms with Gasteiger partial charge in [-0.05, 0) is 0 Å². The second kappa shape index (κ2) is 9.46. The third-order valence-electron chi connectivity index (χ3n) is 3.44. The quantitative estimate of drug-likeness (QED) is 0.571. The van der Waals surface area contributed by atoms with E-state index in [0.29, 0.717) is 0 Å². The Bertz CT molecular complexity index is 633. The van der Waals surface area contributed by atoms with E-state index in [1.54, 1.807) is 6.08 Å². The number of hydrogen-bond acceptors (Lipinski definition) is 2. The molecule has 0 aliphatic carbocycles. The number of ketones is 1. The Balaban J connectivity index is 2.00. The van der Waals surface area contributed by atoms with Crippen LogP contribution in [0, 0.1) is 0 Å². The molecular formula is C20H22O2Se. The van der Waals surface area contributed by atoms with E-state index in [9.17, 15) is 9.90 Å². The van der Waals surface area contributed by atoms with Gasteiger partial charge in [-0.3, -0.25) is 0 Å². The number of allylic oxidation sites excluding steroid dienone is 1. The van der Waals surface area contributed by atoms with E-state index in [2.05, 4.69) is 36.4 Å².